The molecule has 0 aromatic heterocycles. The molecule has 19 heavy (non-hydrogen) atoms. The third-order valence-electron chi connectivity index (χ3n) is 2.61. The predicted molar refractivity (Wildman–Crippen MR) is 69.4 cm³/mol. The molecule has 0 atom stereocenters. The van der Waals surface area contributed by atoms with Gasteiger partial charge in [0.15, 0.2) is 6.61 Å². The fourth-order valence-electron chi connectivity index (χ4n) is 1.83. The summed E-state index contributed by atoms with van der Waals surface area (Å²) < 4.78 is 0. The van der Waals surface area contributed by atoms with Crippen LogP contribution in [0.1, 0.15) is 5.56 Å². The second kappa shape index (κ2) is 5.97. The molecule has 0 radical (unpaired) electrons. The summed E-state index contributed by atoms with van der Waals surface area (Å²) in [6.45, 7) is -0.554. The van der Waals surface area contributed by atoms with Crippen molar-refractivity contribution in [3.8, 4) is 0 Å². The highest BCUT2D eigenvalue weighted by Crippen LogP contribution is 2.18. The molecule has 2 aromatic carbocycles. The van der Waals surface area contributed by atoms with Gasteiger partial charge in [-0.05, 0) is 16.3 Å². The Hall–Kier alpha value is -2.40. The van der Waals surface area contributed by atoms with E-state index in [-0.39, 0.29) is 12.3 Å². The van der Waals surface area contributed by atoms with Crippen LogP contribution >= 0.6 is 0 Å². The molecule has 0 aliphatic carbocycles. The van der Waals surface area contributed by atoms with Crippen molar-refractivity contribution in [3.05, 3.63) is 48.0 Å². The molecular formula is C14H13NO4. The second-order valence-corrected chi connectivity index (χ2v) is 4.02. The first kappa shape index (κ1) is 13.0. The lowest BCUT2D eigenvalue weighted by atomic mass is 10.0. The number of amides is 1. The number of fused-ring (bicyclic) bond motifs is 1. The van der Waals surface area contributed by atoms with Crippen LogP contribution in [0.5, 0.6) is 0 Å². The summed E-state index contributed by atoms with van der Waals surface area (Å²) in [5.74, 6) is -1.51. The lowest BCUT2D eigenvalue weighted by Gasteiger charge is -2.07. The van der Waals surface area contributed by atoms with Gasteiger partial charge < -0.3 is 5.11 Å². The zero-order chi connectivity index (χ0) is 13.7. The summed E-state index contributed by atoms with van der Waals surface area (Å²) in [6, 6.07) is 13.5. The van der Waals surface area contributed by atoms with Gasteiger partial charge in [0.25, 0.3) is 0 Å². The van der Waals surface area contributed by atoms with Crippen molar-refractivity contribution in [3.63, 3.8) is 0 Å². The summed E-state index contributed by atoms with van der Waals surface area (Å²) >= 11 is 0. The van der Waals surface area contributed by atoms with Gasteiger partial charge in [-0.15, -0.1) is 0 Å². The average Bonchev–Trinajstić information content (AvgIpc) is 2.39. The van der Waals surface area contributed by atoms with Crippen molar-refractivity contribution in [2.75, 3.05) is 6.61 Å². The number of benzene rings is 2. The van der Waals surface area contributed by atoms with Gasteiger partial charge in [0.2, 0.25) is 5.91 Å². The Bertz CT molecular complexity index is 604. The maximum atomic E-state index is 11.6. The summed E-state index contributed by atoms with van der Waals surface area (Å²) in [5.41, 5.74) is 2.98. The van der Waals surface area contributed by atoms with Crippen LogP contribution in [-0.4, -0.2) is 23.6 Å². The highest BCUT2D eigenvalue weighted by atomic mass is 16.7. The second-order valence-electron chi connectivity index (χ2n) is 4.02. The Labute approximate surface area is 109 Å². The van der Waals surface area contributed by atoms with Crippen molar-refractivity contribution in [1.82, 2.24) is 5.48 Å². The van der Waals surface area contributed by atoms with E-state index in [4.69, 9.17) is 5.11 Å². The number of rotatable bonds is 5. The minimum absolute atomic E-state index is 0.140. The molecule has 0 fully saturated rings. The van der Waals surface area contributed by atoms with Crippen LogP contribution in [0.4, 0.5) is 0 Å². The van der Waals surface area contributed by atoms with E-state index in [1.165, 1.54) is 0 Å². The Balaban J connectivity index is 2.05. The number of hydrogen-bond donors (Lipinski definition) is 2. The van der Waals surface area contributed by atoms with Gasteiger partial charge in [0.05, 0.1) is 6.42 Å². The molecule has 0 aliphatic rings. The molecule has 0 unspecified atom stereocenters. The monoisotopic (exact) mass is 259 g/mol. The number of carbonyl (C=O) groups is 2. The fraction of sp³-hybridized carbons (Fsp3) is 0.143. The highest BCUT2D eigenvalue weighted by molar-refractivity contribution is 5.90. The number of carboxylic acid groups (broad SMARTS) is 1. The van der Waals surface area contributed by atoms with Crippen LogP contribution < -0.4 is 5.48 Å². The molecule has 2 rings (SSSR count). The number of carbonyl (C=O) groups excluding carboxylic acids is 1. The van der Waals surface area contributed by atoms with Crippen molar-refractivity contribution in [1.29, 1.82) is 0 Å². The summed E-state index contributed by atoms with van der Waals surface area (Å²) in [4.78, 5) is 26.4. The number of nitrogens with one attached hydrogen (secondary N) is 1. The van der Waals surface area contributed by atoms with Crippen LogP contribution in [0, 0.1) is 0 Å². The normalized spacial score (nSPS) is 10.3. The summed E-state index contributed by atoms with van der Waals surface area (Å²) in [7, 11) is 0. The van der Waals surface area contributed by atoms with Crippen molar-refractivity contribution < 1.29 is 19.5 Å². The standard InChI is InChI=1S/C14H13NO4/c16-13(15-19-9-14(17)18)8-11-6-3-5-10-4-1-2-7-12(10)11/h1-7H,8-9H2,(H,15,16)(H,17,18). The van der Waals surface area contributed by atoms with E-state index >= 15 is 0 Å². The zero-order valence-electron chi connectivity index (χ0n) is 10.1. The van der Waals surface area contributed by atoms with Crippen molar-refractivity contribution in [2.45, 2.75) is 6.42 Å². The lowest BCUT2D eigenvalue weighted by Crippen LogP contribution is -2.28. The van der Waals surface area contributed by atoms with Gasteiger partial charge in [-0.2, -0.15) is 0 Å². The number of hydroxylamine groups is 1. The topological polar surface area (TPSA) is 75.6 Å². The van der Waals surface area contributed by atoms with E-state index in [0.717, 1.165) is 16.3 Å². The first-order valence-electron chi connectivity index (χ1n) is 5.76. The molecule has 0 spiro atoms. The van der Waals surface area contributed by atoms with Crippen LogP contribution in [-0.2, 0) is 20.8 Å². The number of hydrogen-bond acceptors (Lipinski definition) is 3. The van der Waals surface area contributed by atoms with E-state index in [9.17, 15) is 9.59 Å². The van der Waals surface area contributed by atoms with E-state index < -0.39 is 12.6 Å². The first-order chi connectivity index (χ1) is 9.16. The summed E-state index contributed by atoms with van der Waals surface area (Å²) in [6.07, 6.45) is 0.140. The predicted octanol–water partition coefficient (Wildman–Crippen LogP) is 1.51. The van der Waals surface area contributed by atoms with Crippen LogP contribution in [0.15, 0.2) is 42.5 Å². The third kappa shape index (κ3) is 3.53. The van der Waals surface area contributed by atoms with Gasteiger partial charge in [-0.1, -0.05) is 42.5 Å². The molecule has 5 heteroatoms. The smallest absolute Gasteiger partial charge is 0.332 e. The Morgan fingerprint density at radius 1 is 1.11 bits per heavy atom. The lowest BCUT2D eigenvalue weighted by molar-refractivity contribution is -0.149. The van der Waals surface area contributed by atoms with Crippen molar-refractivity contribution in [2.24, 2.45) is 0 Å². The summed E-state index contributed by atoms with van der Waals surface area (Å²) in [5, 5.41) is 10.4. The van der Waals surface area contributed by atoms with E-state index in [1.54, 1.807) is 0 Å². The number of carboxylic acids is 1. The molecule has 0 saturated carbocycles. The van der Waals surface area contributed by atoms with Gasteiger partial charge >= 0.3 is 5.97 Å². The average molecular weight is 259 g/mol. The van der Waals surface area contributed by atoms with Crippen LogP contribution in [0.2, 0.25) is 0 Å². The van der Waals surface area contributed by atoms with Gasteiger partial charge in [-0.25, -0.2) is 10.3 Å². The molecule has 2 N–H and O–H groups in total. The van der Waals surface area contributed by atoms with E-state index in [2.05, 4.69) is 10.3 Å². The molecule has 5 nitrogen and oxygen atoms in total. The molecule has 0 bridgehead atoms. The Kier molecular flexibility index (Phi) is 4.10. The molecule has 1 amide bonds. The molecule has 0 saturated heterocycles. The Morgan fingerprint density at radius 3 is 2.63 bits per heavy atom. The minimum atomic E-state index is -1.13. The van der Waals surface area contributed by atoms with E-state index in [1.807, 2.05) is 42.5 Å². The van der Waals surface area contributed by atoms with E-state index in [0.29, 0.717) is 0 Å². The third-order valence-corrected chi connectivity index (χ3v) is 2.61. The highest BCUT2D eigenvalue weighted by Gasteiger charge is 2.07. The van der Waals surface area contributed by atoms with Gasteiger partial charge in [0, 0.05) is 0 Å². The van der Waals surface area contributed by atoms with Crippen LogP contribution in [0.3, 0.4) is 0 Å². The SMILES string of the molecule is O=C(O)CONC(=O)Cc1cccc2ccccc12. The first-order valence-corrected chi connectivity index (χ1v) is 5.76. The molecule has 2 aromatic rings. The minimum Gasteiger partial charge on any atom is -0.479 e. The quantitative estimate of drug-likeness (QED) is 0.798. The van der Waals surface area contributed by atoms with Crippen LogP contribution in [0.25, 0.3) is 10.8 Å². The zero-order valence-corrected chi connectivity index (χ0v) is 10.1. The largest absolute Gasteiger partial charge is 0.479 e. The maximum absolute atomic E-state index is 11.6. The molecule has 0 heterocycles. The van der Waals surface area contributed by atoms with Crippen molar-refractivity contribution >= 4 is 22.6 Å². The molecule has 0 aliphatic heterocycles. The maximum Gasteiger partial charge on any atom is 0.332 e. The Morgan fingerprint density at radius 2 is 1.84 bits per heavy atom. The number of aliphatic carboxylic acids is 1. The molecular weight excluding hydrogens is 246 g/mol. The molecule has 98 valence electrons. The van der Waals surface area contributed by atoms with Gasteiger partial charge in [-0.3, -0.25) is 9.63 Å². The van der Waals surface area contributed by atoms with Gasteiger partial charge in [0.1, 0.15) is 0 Å². The fourth-order valence-corrected chi connectivity index (χ4v) is 1.83.